The van der Waals surface area contributed by atoms with Gasteiger partial charge in [-0.3, -0.25) is 0 Å². The summed E-state index contributed by atoms with van der Waals surface area (Å²) in [4.78, 5) is 9.59. The number of halogens is 4. The van der Waals surface area contributed by atoms with Crippen molar-refractivity contribution in [3.8, 4) is 16.9 Å². The molecule has 0 spiro atoms. The van der Waals surface area contributed by atoms with E-state index in [-0.39, 0.29) is 5.69 Å². The van der Waals surface area contributed by atoms with E-state index < -0.39 is 30.0 Å². The van der Waals surface area contributed by atoms with Crippen LogP contribution in [-0.2, 0) is 16.6 Å². The summed E-state index contributed by atoms with van der Waals surface area (Å²) >= 11 is 6.41. The molecule has 1 unspecified atom stereocenters. The Bertz CT molecular complexity index is 1530. The minimum absolute atomic E-state index is 0.272. The second-order valence-corrected chi connectivity index (χ2v) is 11.6. The van der Waals surface area contributed by atoms with Gasteiger partial charge in [-0.15, -0.1) is 0 Å². The second kappa shape index (κ2) is 11.2. The lowest BCUT2D eigenvalue weighted by Gasteiger charge is -2.38. The van der Waals surface area contributed by atoms with Crippen molar-refractivity contribution in [3.63, 3.8) is 0 Å². The lowest BCUT2D eigenvalue weighted by atomic mass is 9.72. The largest absolute Gasteiger partial charge is 0.496 e. The van der Waals surface area contributed by atoms with E-state index in [4.69, 9.17) is 21.1 Å². The zero-order valence-electron chi connectivity index (χ0n) is 23.2. The van der Waals surface area contributed by atoms with Crippen LogP contribution in [0.3, 0.4) is 0 Å². The van der Waals surface area contributed by atoms with Crippen LogP contribution in [0.5, 0.6) is 5.75 Å². The lowest BCUT2D eigenvalue weighted by molar-refractivity contribution is -0.266. The van der Waals surface area contributed by atoms with Crippen molar-refractivity contribution in [3.05, 3.63) is 77.1 Å². The minimum Gasteiger partial charge on any atom is -0.496 e. The zero-order chi connectivity index (χ0) is 29.4. The number of hydrogen-bond acceptors (Lipinski definition) is 5. The van der Waals surface area contributed by atoms with Crippen LogP contribution < -0.4 is 9.64 Å². The van der Waals surface area contributed by atoms with Crippen molar-refractivity contribution >= 4 is 28.3 Å². The van der Waals surface area contributed by atoms with Gasteiger partial charge in [-0.05, 0) is 47.7 Å². The lowest BCUT2D eigenvalue weighted by Crippen LogP contribution is -2.51. The van der Waals surface area contributed by atoms with Crippen LogP contribution in [0.1, 0.15) is 31.5 Å². The maximum atomic E-state index is 14.6. The van der Waals surface area contributed by atoms with Gasteiger partial charge in [0.15, 0.2) is 5.60 Å². The number of hydrogen-bond donors (Lipinski definition) is 2. The van der Waals surface area contributed by atoms with E-state index in [1.54, 1.807) is 44.3 Å². The Morgan fingerprint density at radius 1 is 1.07 bits per heavy atom. The van der Waals surface area contributed by atoms with Crippen molar-refractivity contribution < 1.29 is 27.8 Å². The van der Waals surface area contributed by atoms with Crippen molar-refractivity contribution in [2.24, 2.45) is 0 Å². The molecule has 0 bridgehead atoms. The van der Waals surface area contributed by atoms with Crippen LogP contribution in [-0.4, -0.2) is 60.3 Å². The first-order chi connectivity index (χ1) is 19.4. The molecule has 0 aliphatic carbocycles. The molecule has 10 heteroatoms. The molecule has 2 aromatic carbocycles. The molecule has 1 aliphatic rings. The smallest absolute Gasteiger partial charge is 0.417 e. The predicted molar refractivity (Wildman–Crippen MR) is 155 cm³/mol. The summed E-state index contributed by atoms with van der Waals surface area (Å²) in [6.45, 7) is 5.94. The topological polar surface area (TPSA) is 70.6 Å². The van der Waals surface area contributed by atoms with Crippen LogP contribution in [0.15, 0.2) is 60.8 Å². The molecule has 3 heterocycles. The summed E-state index contributed by atoms with van der Waals surface area (Å²) in [5, 5.41) is 12.6. The van der Waals surface area contributed by atoms with E-state index in [0.29, 0.717) is 48.2 Å². The molecular formula is C31H33ClF3N3O3. The van der Waals surface area contributed by atoms with Crippen LogP contribution in [0.25, 0.3) is 22.0 Å². The minimum atomic E-state index is -4.90. The number of fused-ring (bicyclic) bond motifs is 1. The van der Waals surface area contributed by atoms with E-state index in [9.17, 15) is 18.3 Å². The molecule has 218 valence electrons. The fourth-order valence-electron chi connectivity index (χ4n) is 5.64. The normalized spacial score (nSPS) is 16.1. The Labute approximate surface area is 242 Å². The summed E-state index contributed by atoms with van der Waals surface area (Å²) in [5.74, 6) is 1.17. The van der Waals surface area contributed by atoms with Gasteiger partial charge in [-0.25, -0.2) is 4.98 Å². The fraction of sp³-hybridized carbons (Fsp3) is 0.387. The Hall–Kier alpha value is -3.27. The fourth-order valence-corrected chi connectivity index (χ4v) is 5.89. The highest BCUT2D eigenvalue weighted by Crippen LogP contribution is 2.46. The first-order valence-electron chi connectivity index (χ1n) is 13.4. The molecule has 0 radical (unpaired) electrons. The van der Waals surface area contributed by atoms with Gasteiger partial charge in [0.05, 0.1) is 32.0 Å². The van der Waals surface area contributed by atoms with Gasteiger partial charge in [0.1, 0.15) is 11.6 Å². The molecule has 5 rings (SSSR count). The Morgan fingerprint density at radius 3 is 2.49 bits per heavy atom. The number of aromatic nitrogens is 2. The number of pyridine rings is 1. The summed E-state index contributed by atoms with van der Waals surface area (Å²) in [5.41, 5.74) is -1.25. The summed E-state index contributed by atoms with van der Waals surface area (Å²) in [7, 11) is 1.48. The number of H-pyrrole nitrogens is 1. The molecule has 1 saturated heterocycles. The van der Waals surface area contributed by atoms with Crippen molar-refractivity contribution in [2.45, 2.75) is 43.9 Å². The SMILES string of the molecule is COc1ccc(-c2ccccc2Cl)cc1C(C)(C)CC(O)(Cc1cc2cc(N3CCOCC3)ncc2[nH]1)C(F)(F)F. The Kier molecular flexibility index (Phi) is 7.98. The van der Waals surface area contributed by atoms with Gasteiger partial charge in [0.25, 0.3) is 0 Å². The second-order valence-electron chi connectivity index (χ2n) is 11.2. The first kappa shape index (κ1) is 29.2. The van der Waals surface area contributed by atoms with Crippen molar-refractivity contribution in [1.29, 1.82) is 0 Å². The maximum absolute atomic E-state index is 14.6. The number of aliphatic hydroxyl groups is 1. The van der Waals surface area contributed by atoms with Gasteiger partial charge < -0.3 is 24.5 Å². The highest BCUT2D eigenvalue weighted by atomic mass is 35.5. The highest BCUT2D eigenvalue weighted by molar-refractivity contribution is 6.33. The number of morpholine rings is 1. The monoisotopic (exact) mass is 587 g/mol. The number of nitrogens with zero attached hydrogens (tertiary/aromatic N) is 2. The van der Waals surface area contributed by atoms with Gasteiger partial charge in [0.2, 0.25) is 0 Å². The predicted octanol–water partition coefficient (Wildman–Crippen LogP) is 6.93. The average molecular weight is 588 g/mol. The van der Waals surface area contributed by atoms with E-state index in [0.717, 1.165) is 22.3 Å². The number of ether oxygens (including phenoxy) is 2. The van der Waals surface area contributed by atoms with Crippen molar-refractivity contribution in [1.82, 2.24) is 9.97 Å². The van der Waals surface area contributed by atoms with E-state index >= 15 is 0 Å². The third kappa shape index (κ3) is 6.03. The van der Waals surface area contributed by atoms with Gasteiger partial charge in [-0.2, -0.15) is 13.2 Å². The molecular weight excluding hydrogens is 555 g/mol. The maximum Gasteiger partial charge on any atom is 0.417 e. The molecule has 0 amide bonds. The van der Waals surface area contributed by atoms with Crippen LogP contribution >= 0.6 is 11.6 Å². The first-order valence-corrected chi connectivity index (χ1v) is 13.8. The van der Waals surface area contributed by atoms with Gasteiger partial charge >= 0.3 is 6.18 Å². The van der Waals surface area contributed by atoms with Gasteiger partial charge in [-0.1, -0.05) is 49.7 Å². The molecule has 1 fully saturated rings. The Balaban J connectivity index is 1.47. The highest BCUT2D eigenvalue weighted by Gasteiger charge is 2.56. The van der Waals surface area contributed by atoms with Crippen LogP contribution in [0.2, 0.25) is 5.02 Å². The number of aromatic amines is 1. The number of rotatable bonds is 8. The van der Waals surface area contributed by atoms with Gasteiger partial charge in [0, 0.05) is 46.7 Å². The molecule has 41 heavy (non-hydrogen) atoms. The van der Waals surface area contributed by atoms with E-state index in [1.165, 1.54) is 7.11 Å². The number of methoxy groups -OCH3 is 1. The third-order valence-electron chi connectivity index (χ3n) is 7.74. The van der Waals surface area contributed by atoms with E-state index in [1.807, 2.05) is 30.3 Å². The molecule has 6 nitrogen and oxygen atoms in total. The van der Waals surface area contributed by atoms with Crippen LogP contribution in [0, 0.1) is 0 Å². The molecule has 1 aliphatic heterocycles. The number of nitrogens with one attached hydrogen (secondary N) is 1. The molecule has 2 aromatic heterocycles. The summed E-state index contributed by atoms with van der Waals surface area (Å²) in [6.07, 6.45) is -4.52. The standard InChI is InChI=1S/C31H33ClF3N3O3/c1-29(2,24-15-20(8-9-27(24)40-3)23-6-4-5-7-25(23)32)19-30(39,31(33,34)35)17-22-14-21-16-28(36-18-26(21)37-22)38-10-12-41-13-11-38/h4-9,14-16,18,37,39H,10-13,17,19H2,1-3H3. The molecule has 4 aromatic rings. The molecule has 1 atom stereocenters. The van der Waals surface area contributed by atoms with Crippen molar-refractivity contribution in [2.75, 3.05) is 38.3 Å². The molecule has 0 saturated carbocycles. The summed E-state index contributed by atoms with van der Waals surface area (Å²) < 4.78 is 54.9. The Morgan fingerprint density at radius 2 is 1.80 bits per heavy atom. The number of alkyl halides is 3. The summed E-state index contributed by atoms with van der Waals surface area (Å²) in [6, 6.07) is 16.1. The zero-order valence-corrected chi connectivity index (χ0v) is 23.9. The quantitative estimate of drug-likeness (QED) is 0.234. The number of anilines is 1. The molecule has 2 N–H and O–H groups in total. The number of benzene rings is 2. The average Bonchev–Trinajstić information content (AvgIpc) is 3.33. The van der Waals surface area contributed by atoms with Crippen LogP contribution in [0.4, 0.5) is 19.0 Å². The third-order valence-corrected chi connectivity index (χ3v) is 8.07. The van der Waals surface area contributed by atoms with E-state index in [2.05, 4.69) is 14.9 Å².